The molecule has 0 bridgehead atoms. The van der Waals surface area contributed by atoms with E-state index in [0.717, 1.165) is 44.5 Å². The van der Waals surface area contributed by atoms with E-state index in [-0.39, 0.29) is 12.0 Å². The maximum absolute atomic E-state index is 12.9. The highest BCUT2D eigenvalue weighted by atomic mass is 35.5. The average molecular weight is 353 g/mol. The second kappa shape index (κ2) is 8.84. The summed E-state index contributed by atoms with van der Waals surface area (Å²) in [5.74, 6) is 0.211. The summed E-state index contributed by atoms with van der Waals surface area (Å²) in [7, 11) is 0. The summed E-state index contributed by atoms with van der Waals surface area (Å²) in [4.78, 5) is 14.9. The second-order valence-electron chi connectivity index (χ2n) is 7.20. The van der Waals surface area contributed by atoms with Crippen molar-refractivity contribution in [3.63, 3.8) is 0 Å². The molecule has 1 aliphatic rings. The highest BCUT2D eigenvalue weighted by Crippen LogP contribution is 2.28. The van der Waals surface area contributed by atoms with Crippen LogP contribution in [0, 0.1) is 5.41 Å². The lowest BCUT2D eigenvalue weighted by molar-refractivity contribution is -0.143. The smallest absolute Gasteiger partial charge is 0.228 e. The van der Waals surface area contributed by atoms with E-state index >= 15 is 0 Å². The normalized spacial score (nSPS) is 16.4. The standard InChI is InChI=1S/C19H29ClN2O2/c1-19(2,14-15-5-3-6-16(20)13-15)18(23)22-10-7-17(8-11-22)24-12-4-9-21/h3,5-6,13,17H,4,7-12,14,21H2,1-2H3. The Balaban J connectivity index is 1.86. The van der Waals surface area contributed by atoms with Crippen LogP contribution in [0.2, 0.25) is 5.02 Å². The highest BCUT2D eigenvalue weighted by Gasteiger charge is 2.34. The molecule has 24 heavy (non-hydrogen) atoms. The van der Waals surface area contributed by atoms with Gasteiger partial charge in [0, 0.05) is 30.1 Å². The summed E-state index contributed by atoms with van der Waals surface area (Å²) >= 11 is 6.05. The lowest BCUT2D eigenvalue weighted by atomic mass is 9.83. The van der Waals surface area contributed by atoms with Gasteiger partial charge in [-0.1, -0.05) is 37.6 Å². The lowest BCUT2D eigenvalue weighted by Crippen LogP contribution is -2.47. The van der Waals surface area contributed by atoms with Crippen LogP contribution in [0.25, 0.3) is 0 Å². The number of piperidine rings is 1. The van der Waals surface area contributed by atoms with Crippen LogP contribution in [0.4, 0.5) is 0 Å². The maximum atomic E-state index is 12.9. The van der Waals surface area contributed by atoms with Crippen molar-refractivity contribution in [3.05, 3.63) is 34.9 Å². The minimum Gasteiger partial charge on any atom is -0.378 e. The van der Waals surface area contributed by atoms with Gasteiger partial charge in [0.05, 0.1) is 6.10 Å². The fourth-order valence-electron chi connectivity index (χ4n) is 3.22. The van der Waals surface area contributed by atoms with Crippen LogP contribution in [0.15, 0.2) is 24.3 Å². The zero-order valence-electron chi connectivity index (χ0n) is 14.8. The molecule has 1 amide bonds. The first-order valence-corrected chi connectivity index (χ1v) is 9.15. The second-order valence-corrected chi connectivity index (χ2v) is 7.63. The van der Waals surface area contributed by atoms with Crippen LogP contribution in [0.1, 0.15) is 38.7 Å². The monoisotopic (exact) mass is 352 g/mol. The van der Waals surface area contributed by atoms with Gasteiger partial charge in [0.2, 0.25) is 5.91 Å². The molecule has 1 saturated heterocycles. The molecule has 134 valence electrons. The molecule has 0 spiro atoms. The number of likely N-dealkylation sites (tertiary alicyclic amines) is 1. The first kappa shape index (κ1) is 19.2. The first-order valence-electron chi connectivity index (χ1n) is 8.78. The van der Waals surface area contributed by atoms with Gasteiger partial charge >= 0.3 is 0 Å². The predicted molar refractivity (Wildman–Crippen MR) is 98.2 cm³/mol. The molecule has 0 saturated carbocycles. The van der Waals surface area contributed by atoms with E-state index in [1.807, 2.05) is 43.0 Å². The maximum Gasteiger partial charge on any atom is 0.228 e. The Bertz CT molecular complexity index is 540. The van der Waals surface area contributed by atoms with Gasteiger partial charge in [0.1, 0.15) is 0 Å². The van der Waals surface area contributed by atoms with E-state index in [9.17, 15) is 4.79 Å². The molecule has 1 aliphatic heterocycles. The van der Waals surface area contributed by atoms with Gasteiger partial charge in [-0.3, -0.25) is 4.79 Å². The Kier molecular flexibility index (Phi) is 7.08. The van der Waals surface area contributed by atoms with E-state index in [2.05, 4.69) is 0 Å². The van der Waals surface area contributed by atoms with Crippen LogP contribution in [-0.4, -0.2) is 43.2 Å². The van der Waals surface area contributed by atoms with Crippen LogP contribution < -0.4 is 5.73 Å². The summed E-state index contributed by atoms with van der Waals surface area (Å²) in [6.07, 6.45) is 3.66. The summed E-state index contributed by atoms with van der Waals surface area (Å²) in [5.41, 5.74) is 6.15. The molecule has 0 unspecified atom stereocenters. The summed E-state index contributed by atoms with van der Waals surface area (Å²) < 4.78 is 5.81. The Labute approximate surface area is 150 Å². The van der Waals surface area contributed by atoms with Crippen molar-refractivity contribution in [2.24, 2.45) is 11.1 Å². The molecule has 4 nitrogen and oxygen atoms in total. The van der Waals surface area contributed by atoms with E-state index in [1.165, 1.54) is 0 Å². The van der Waals surface area contributed by atoms with Crippen LogP contribution in [0.3, 0.4) is 0 Å². The molecule has 2 rings (SSSR count). The molecule has 1 fully saturated rings. The third-order valence-corrected chi connectivity index (χ3v) is 4.78. The third kappa shape index (κ3) is 5.47. The predicted octanol–water partition coefficient (Wildman–Crippen LogP) is 3.27. The van der Waals surface area contributed by atoms with E-state index in [1.54, 1.807) is 0 Å². The van der Waals surface area contributed by atoms with Crippen LogP contribution in [0.5, 0.6) is 0 Å². The molecule has 1 aromatic rings. The van der Waals surface area contributed by atoms with E-state index in [4.69, 9.17) is 22.1 Å². The van der Waals surface area contributed by atoms with Crippen LogP contribution in [-0.2, 0) is 16.0 Å². The number of nitrogens with zero attached hydrogens (tertiary/aromatic N) is 1. The van der Waals surface area contributed by atoms with Gasteiger partial charge < -0.3 is 15.4 Å². The minimum atomic E-state index is -0.433. The molecule has 1 heterocycles. The van der Waals surface area contributed by atoms with Gasteiger partial charge in [0.25, 0.3) is 0 Å². The largest absolute Gasteiger partial charge is 0.378 e. The Morgan fingerprint density at radius 2 is 2.08 bits per heavy atom. The quantitative estimate of drug-likeness (QED) is 0.766. The molecule has 0 aromatic heterocycles. The molecule has 2 N–H and O–H groups in total. The van der Waals surface area contributed by atoms with Gasteiger partial charge in [-0.15, -0.1) is 0 Å². The number of nitrogens with two attached hydrogens (primary N) is 1. The molecule has 1 aromatic carbocycles. The number of benzene rings is 1. The summed E-state index contributed by atoms with van der Waals surface area (Å²) in [5, 5.41) is 0.714. The number of hydrogen-bond acceptors (Lipinski definition) is 3. The number of rotatable bonds is 7. The van der Waals surface area contributed by atoms with E-state index in [0.29, 0.717) is 18.0 Å². The summed E-state index contributed by atoms with van der Waals surface area (Å²) in [6, 6.07) is 7.75. The molecular weight excluding hydrogens is 324 g/mol. The number of halogens is 1. The van der Waals surface area contributed by atoms with Gasteiger partial charge in [-0.2, -0.15) is 0 Å². The molecule has 0 radical (unpaired) electrons. The van der Waals surface area contributed by atoms with Crippen molar-refractivity contribution < 1.29 is 9.53 Å². The lowest BCUT2D eigenvalue weighted by Gasteiger charge is -2.37. The topological polar surface area (TPSA) is 55.6 Å². The third-order valence-electron chi connectivity index (χ3n) is 4.55. The number of carbonyl (C=O) groups is 1. The van der Waals surface area contributed by atoms with Crippen molar-refractivity contribution in [1.82, 2.24) is 4.90 Å². The average Bonchev–Trinajstić information content (AvgIpc) is 2.55. The number of amides is 1. The Hall–Kier alpha value is -1.10. The van der Waals surface area contributed by atoms with Crippen molar-refractivity contribution in [1.29, 1.82) is 0 Å². The number of ether oxygens (including phenoxy) is 1. The van der Waals surface area contributed by atoms with E-state index < -0.39 is 5.41 Å². The van der Waals surface area contributed by atoms with Gasteiger partial charge in [-0.25, -0.2) is 0 Å². The van der Waals surface area contributed by atoms with Gasteiger partial charge in [-0.05, 0) is 49.9 Å². The number of carbonyl (C=O) groups excluding carboxylic acids is 1. The van der Waals surface area contributed by atoms with Crippen molar-refractivity contribution >= 4 is 17.5 Å². The Morgan fingerprint density at radius 1 is 1.38 bits per heavy atom. The first-order chi connectivity index (χ1) is 11.4. The molecule has 0 atom stereocenters. The zero-order chi connectivity index (χ0) is 17.6. The van der Waals surface area contributed by atoms with Crippen molar-refractivity contribution in [3.8, 4) is 0 Å². The SMILES string of the molecule is CC(C)(Cc1cccc(Cl)c1)C(=O)N1CCC(OCCCN)CC1. The van der Waals surface area contributed by atoms with Gasteiger partial charge in [0.15, 0.2) is 0 Å². The molecule has 5 heteroatoms. The van der Waals surface area contributed by atoms with Crippen LogP contribution >= 0.6 is 11.6 Å². The Morgan fingerprint density at radius 3 is 2.71 bits per heavy atom. The van der Waals surface area contributed by atoms with Crippen molar-refractivity contribution in [2.45, 2.75) is 45.6 Å². The molecular formula is C19H29ClN2O2. The fourth-order valence-corrected chi connectivity index (χ4v) is 3.43. The highest BCUT2D eigenvalue weighted by molar-refractivity contribution is 6.30. The minimum absolute atomic E-state index is 0.211. The van der Waals surface area contributed by atoms with Crippen molar-refractivity contribution in [2.75, 3.05) is 26.2 Å². The zero-order valence-corrected chi connectivity index (χ0v) is 15.5. The summed E-state index contributed by atoms with van der Waals surface area (Å²) in [6.45, 7) is 6.95. The molecule has 0 aliphatic carbocycles. The fraction of sp³-hybridized carbons (Fsp3) is 0.632. The number of hydrogen-bond donors (Lipinski definition) is 1.